The number of aromatic nitrogens is 1. The average molecular weight is 601 g/mol. The molecule has 0 spiro atoms. The van der Waals surface area contributed by atoms with Gasteiger partial charge in [0, 0.05) is 23.2 Å². The Bertz CT molecular complexity index is 1820. The molecule has 44 heavy (non-hydrogen) atoms. The minimum absolute atomic E-state index is 0.0167. The number of anilines is 1. The molecule has 1 aromatic heterocycles. The molecule has 2 aromatic carbocycles. The summed E-state index contributed by atoms with van der Waals surface area (Å²) in [6, 6.07) is 10.1. The highest BCUT2D eigenvalue weighted by Crippen LogP contribution is 2.53. The van der Waals surface area contributed by atoms with Crippen molar-refractivity contribution >= 4 is 34.8 Å². The molecule has 13 nitrogen and oxygen atoms in total. The van der Waals surface area contributed by atoms with E-state index in [1.165, 1.54) is 37.3 Å². The van der Waals surface area contributed by atoms with E-state index in [2.05, 4.69) is 10.5 Å². The van der Waals surface area contributed by atoms with Crippen LogP contribution in [-0.2, 0) is 20.8 Å². The molecule has 4 atom stereocenters. The third kappa shape index (κ3) is 4.12. The van der Waals surface area contributed by atoms with E-state index in [4.69, 9.17) is 10.3 Å². The number of likely N-dealkylation sites (N-methyl/N-ethyl adjacent to an activating group) is 1. The van der Waals surface area contributed by atoms with Gasteiger partial charge in [0.05, 0.1) is 17.8 Å². The van der Waals surface area contributed by atoms with E-state index >= 15 is 0 Å². The lowest BCUT2D eigenvalue weighted by molar-refractivity contribution is -0.153. The Hall–Kier alpha value is -5.27. The number of aliphatic hydroxyl groups is 3. The summed E-state index contributed by atoms with van der Waals surface area (Å²) in [5.41, 5.74) is 3.66. The lowest BCUT2D eigenvalue weighted by atomic mass is 9.57. The maximum Gasteiger partial charge on any atom is 0.294 e. The maximum atomic E-state index is 14.0. The summed E-state index contributed by atoms with van der Waals surface area (Å²) in [5, 5.41) is 51.4. The highest BCUT2D eigenvalue weighted by atomic mass is 16.5. The number of aliphatic hydroxyl groups excluding tert-OH is 2. The highest BCUT2D eigenvalue weighted by Gasteiger charge is 2.64. The van der Waals surface area contributed by atoms with Crippen molar-refractivity contribution in [2.45, 2.75) is 24.5 Å². The van der Waals surface area contributed by atoms with E-state index in [0.717, 1.165) is 0 Å². The molecule has 3 aliphatic carbocycles. The molecule has 1 saturated carbocycles. The van der Waals surface area contributed by atoms with Crippen molar-refractivity contribution in [1.29, 1.82) is 0 Å². The van der Waals surface area contributed by atoms with Gasteiger partial charge in [-0.25, -0.2) is 0 Å². The van der Waals surface area contributed by atoms with Crippen LogP contribution in [0.25, 0.3) is 16.9 Å². The second-order valence-electron chi connectivity index (χ2n) is 11.4. The number of carbonyl (C=O) groups is 4. The number of aromatic hydroxyl groups is 1. The number of phenolic OH excluding ortho intramolecular Hbond substituents is 1. The molecular weight excluding hydrogens is 572 g/mol. The van der Waals surface area contributed by atoms with Crippen LogP contribution < -0.4 is 11.1 Å². The fraction of sp³-hybridized carbons (Fsp3) is 0.258. The molecule has 1 heterocycles. The van der Waals surface area contributed by atoms with Crippen LogP contribution in [0.4, 0.5) is 5.69 Å². The molecule has 226 valence electrons. The minimum Gasteiger partial charge on any atom is -0.508 e. The number of benzene rings is 2. The van der Waals surface area contributed by atoms with Crippen LogP contribution >= 0.6 is 0 Å². The third-order valence-corrected chi connectivity index (χ3v) is 8.70. The number of hydrogen-bond acceptors (Lipinski definition) is 11. The Morgan fingerprint density at radius 1 is 1.11 bits per heavy atom. The van der Waals surface area contributed by atoms with Crippen molar-refractivity contribution in [3.8, 4) is 16.9 Å². The van der Waals surface area contributed by atoms with Gasteiger partial charge < -0.3 is 36.0 Å². The van der Waals surface area contributed by atoms with Gasteiger partial charge in [-0.05, 0) is 67.7 Å². The first kappa shape index (κ1) is 28.8. The van der Waals surface area contributed by atoms with Gasteiger partial charge >= 0.3 is 0 Å². The Morgan fingerprint density at radius 2 is 1.86 bits per heavy atom. The third-order valence-electron chi connectivity index (χ3n) is 8.70. The van der Waals surface area contributed by atoms with Gasteiger partial charge in [0.2, 0.25) is 11.5 Å². The molecule has 7 N–H and O–H groups in total. The molecule has 0 bridgehead atoms. The van der Waals surface area contributed by atoms with Gasteiger partial charge in [0.1, 0.15) is 22.8 Å². The SMILES string of the molecule is CN(C)[C@H]1C(=O)C(C(N)=O)=C(O)[C@]2(O)C(=O)C3=C(O)c4c(O)ccc(-c5cccc(NC(=O)c6ccno6)c5)c4C[C@H]3C[C@H]12. The average Bonchev–Trinajstić information content (AvgIpc) is 3.50. The van der Waals surface area contributed by atoms with Gasteiger partial charge in [0.15, 0.2) is 11.4 Å². The number of primary amides is 1. The van der Waals surface area contributed by atoms with Crippen LogP contribution in [0.5, 0.6) is 5.75 Å². The van der Waals surface area contributed by atoms with Crippen molar-refractivity contribution < 1.29 is 44.1 Å². The quantitative estimate of drug-likeness (QED) is 0.232. The van der Waals surface area contributed by atoms with Gasteiger partial charge in [0.25, 0.3) is 11.8 Å². The summed E-state index contributed by atoms with van der Waals surface area (Å²) >= 11 is 0. The second-order valence-corrected chi connectivity index (χ2v) is 11.4. The lowest BCUT2D eigenvalue weighted by Gasteiger charge is -2.50. The summed E-state index contributed by atoms with van der Waals surface area (Å²) in [5.74, 6) is -7.67. The summed E-state index contributed by atoms with van der Waals surface area (Å²) in [7, 11) is 3.08. The molecule has 0 radical (unpaired) electrons. The number of nitrogens with one attached hydrogen (secondary N) is 1. The number of fused-ring (bicyclic) bond motifs is 3. The van der Waals surface area contributed by atoms with Crippen molar-refractivity contribution in [2.75, 3.05) is 19.4 Å². The molecule has 0 saturated heterocycles. The lowest BCUT2D eigenvalue weighted by Crippen LogP contribution is -2.65. The number of hydrogen-bond donors (Lipinski definition) is 6. The summed E-state index contributed by atoms with van der Waals surface area (Å²) in [4.78, 5) is 53.4. The Labute approximate surface area is 249 Å². The van der Waals surface area contributed by atoms with Crippen LogP contribution in [0, 0.1) is 11.8 Å². The van der Waals surface area contributed by atoms with E-state index in [1.807, 2.05) is 0 Å². The zero-order chi connectivity index (χ0) is 31.7. The van der Waals surface area contributed by atoms with Crippen LogP contribution in [0.2, 0.25) is 0 Å². The first-order valence-corrected chi connectivity index (χ1v) is 13.7. The van der Waals surface area contributed by atoms with Gasteiger partial charge in [-0.3, -0.25) is 24.1 Å². The van der Waals surface area contributed by atoms with E-state index in [9.17, 15) is 39.6 Å². The Morgan fingerprint density at radius 3 is 2.52 bits per heavy atom. The molecule has 13 heteroatoms. The molecule has 3 aromatic rings. The largest absolute Gasteiger partial charge is 0.508 e. The van der Waals surface area contributed by atoms with Gasteiger partial charge in [-0.1, -0.05) is 23.4 Å². The van der Waals surface area contributed by atoms with E-state index in [1.54, 1.807) is 30.3 Å². The molecule has 1 fully saturated rings. The molecule has 3 aliphatic rings. The minimum atomic E-state index is -2.71. The van der Waals surface area contributed by atoms with Crippen LogP contribution in [0.1, 0.15) is 28.1 Å². The predicted molar refractivity (Wildman–Crippen MR) is 154 cm³/mol. The van der Waals surface area contributed by atoms with Crippen molar-refractivity contribution in [2.24, 2.45) is 17.6 Å². The number of Topliss-reactive ketones (excluding diaryl/α,β-unsaturated/α-hetero) is 2. The smallest absolute Gasteiger partial charge is 0.294 e. The van der Waals surface area contributed by atoms with Gasteiger partial charge in [-0.2, -0.15) is 0 Å². The first-order valence-electron chi connectivity index (χ1n) is 13.7. The zero-order valence-corrected chi connectivity index (χ0v) is 23.6. The number of rotatable bonds is 5. The van der Waals surface area contributed by atoms with Crippen molar-refractivity contribution in [1.82, 2.24) is 10.1 Å². The molecule has 2 amide bonds. The predicted octanol–water partition coefficient (Wildman–Crippen LogP) is 1.87. The molecule has 0 unspecified atom stereocenters. The zero-order valence-electron chi connectivity index (χ0n) is 23.6. The standard InChI is InChI=1S/C31H28N4O9/c1-35(2)24-18-12-14-11-17-16(13-4-3-5-15(10-13)34-30(42)20-8-9-33-44-20)6-7-19(36)22(17)25(37)21(14)27(39)31(18,43)28(40)23(26(24)38)29(32)41/h3-10,14,18,24,36-37,40,43H,11-12H2,1-2H3,(H2,32,41)(H,34,42)/t14-,18+,24+,31+/m0/s1. The number of nitrogens with two attached hydrogens (primary N) is 1. The number of ketones is 2. The molecule has 6 rings (SSSR count). The summed E-state index contributed by atoms with van der Waals surface area (Å²) < 4.78 is 4.91. The number of phenols is 1. The number of nitrogens with zero attached hydrogens (tertiary/aromatic N) is 2. The fourth-order valence-corrected chi connectivity index (χ4v) is 6.80. The van der Waals surface area contributed by atoms with Crippen molar-refractivity contribution in [3.05, 3.63) is 82.5 Å². The Balaban J connectivity index is 1.46. The van der Waals surface area contributed by atoms with Crippen molar-refractivity contribution in [3.63, 3.8) is 0 Å². The number of carbonyl (C=O) groups excluding carboxylic acids is 4. The van der Waals surface area contributed by atoms with Gasteiger partial charge in [-0.15, -0.1) is 0 Å². The molecule has 0 aliphatic heterocycles. The van der Waals surface area contributed by atoms with E-state index in [-0.39, 0.29) is 35.5 Å². The monoisotopic (exact) mass is 600 g/mol. The van der Waals surface area contributed by atoms with E-state index < -0.39 is 64.0 Å². The van der Waals surface area contributed by atoms with Crippen LogP contribution in [0.15, 0.2) is 70.1 Å². The maximum absolute atomic E-state index is 14.0. The normalized spacial score (nSPS) is 24.6. The van der Waals surface area contributed by atoms with Crippen LogP contribution in [0.3, 0.4) is 0 Å². The second kappa shape index (κ2) is 10.2. The highest BCUT2D eigenvalue weighted by molar-refractivity contribution is 6.24. The van der Waals surface area contributed by atoms with E-state index in [0.29, 0.717) is 22.4 Å². The summed E-state index contributed by atoms with van der Waals surface area (Å²) in [6.45, 7) is 0. The van der Waals surface area contributed by atoms with Crippen LogP contribution in [-0.4, -0.2) is 79.6 Å². The number of amides is 2. The summed E-state index contributed by atoms with van der Waals surface area (Å²) in [6.07, 6.45) is 1.43. The topological polar surface area (TPSA) is 217 Å². The first-order chi connectivity index (χ1) is 20.9. The Kier molecular flexibility index (Phi) is 6.67. The molecular formula is C31H28N4O9. The fourth-order valence-electron chi connectivity index (χ4n) is 6.80.